The first kappa shape index (κ1) is 10.4. The first-order chi connectivity index (χ1) is 4.95. The van der Waals surface area contributed by atoms with Gasteiger partial charge in [0.05, 0.1) is 0 Å². The molecule has 0 spiro atoms. The molecule has 0 N–H and O–H groups in total. The topological polar surface area (TPSA) is 9.23 Å². The molecule has 0 saturated heterocycles. The van der Waals surface area contributed by atoms with E-state index in [1.54, 1.807) is 0 Å². The van der Waals surface area contributed by atoms with Gasteiger partial charge in [-0.25, -0.2) is 0 Å². The van der Waals surface area contributed by atoms with Crippen molar-refractivity contribution in [1.82, 2.24) is 0 Å². The predicted octanol–water partition coefficient (Wildman–Crippen LogP) is 3.26. The van der Waals surface area contributed by atoms with Crippen molar-refractivity contribution < 1.29 is 17.4 Å². The van der Waals surface area contributed by atoms with Gasteiger partial charge < -0.3 is 4.18 Å². The fourth-order valence-corrected chi connectivity index (χ4v) is 0.582. The van der Waals surface area contributed by atoms with E-state index < -0.39 is 17.6 Å². The number of halogens is 3. The van der Waals surface area contributed by atoms with Gasteiger partial charge in [0.2, 0.25) is 0 Å². The van der Waals surface area contributed by atoms with Gasteiger partial charge >= 0.3 is 5.51 Å². The Hall–Kier alpha value is -0.580. The molecule has 11 heavy (non-hydrogen) atoms. The molecule has 0 aliphatic carbocycles. The molecule has 0 amide bonds. The fraction of sp³-hybridized carbons (Fsp3) is 0.333. The van der Waals surface area contributed by atoms with Gasteiger partial charge in [-0.05, 0) is 0 Å². The maximum Gasteiger partial charge on any atom is 0.479 e. The van der Waals surface area contributed by atoms with E-state index in [1.165, 1.54) is 6.08 Å². The number of alkyl halides is 3. The summed E-state index contributed by atoms with van der Waals surface area (Å²) in [6.45, 7) is 6.55. The van der Waals surface area contributed by atoms with Gasteiger partial charge in [0.25, 0.3) is 0 Å². The van der Waals surface area contributed by atoms with E-state index >= 15 is 0 Å². The lowest BCUT2D eigenvalue weighted by atomic mass is 10.4. The zero-order valence-corrected chi connectivity index (χ0v) is 6.47. The standard InChI is InChI=1S/C6H7F3OS/c1-3-4-5(2)10-11-6(7,8)9/h3H,1-2,4H2. The normalized spacial score (nSPS) is 10.8. The number of allylic oxidation sites excluding steroid dienone is 1. The molecule has 0 fully saturated rings. The zero-order valence-electron chi connectivity index (χ0n) is 5.65. The van der Waals surface area contributed by atoms with Gasteiger partial charge in [-0.15, -0.1) is 6.58 Å². The van der Waals surface area contributed by atoms with Crippen LogP contribution in [0.15, 0.2) is 25.0 Å². The Labute approximate surface area is 67.1 Å². The third kappa shape index (κ3) is 7.32. The third-order valence-corrected chi connectivity index (χ3v) is 1.13. The van der Waals surface area contributed by atoms with Crippen molar-refractivity contribution in [2.45, 2.75) is 11.9 Å². The highest BCUT2D eigenvalue weighted by Gasteiger charge is 2.31. The van der Waals surface area contributed by atoms with Crippen molar-refractivity contribution in [2.75, 3.05) is 0 Å². The highest BCUT2D eigenvalue weighted by Crippen LogP contribution is 2.32. The minimum absolute atomic E-state index is 0.0438. The van der Waals surface area contributed by atoms with Crippen molar-refractivity contribution in [3.05, 3.63) is 25.0 Å². The molecule has 0 rings (SSSR count). The Morgan fingerprint density at radius 2 is 2.09 bits per heavy atom. The van der Waals surface area contributed by atoms with Crippen molar-refractivity contribution >= 4 is 12.0 Å². The van der Waals surface area contributed by atoms with Crippen LogP contribution in [-0.2, 0) is 4.18 Å². The Morgan fingerprint density at radius 3 is 2.45 bits per heavy atom. The second-order valence-electron chi connectivity index (χ2n) is 1.64. The van der Waals surface area contributed by atoms with E-state index in [0.717, 1.165) is 0 Å². The second kappa shape index (κ2) is 4.33. The smallest absolute Gasteiger partial charge is 0.422 e. The SMILES string of the molecule is C=CCC(=C)OSC(F)(F)F. The summed E-state index contributed by atoms with van der Waals surface area (Å²) < 4.78 is 38.5. The quantitative estimate of drug-likeness (QED) is 0.376. The number of hydrogen-bond donors (Lipinski definition) is 0. The lowest BCUT2D eigenvalue weighted by molar-refractivity contribution is -0.0384. The van der Waals surface area contributed by atoms with Crippen molar-refractivity contribution in [3.63, 3.8) is 0 Å². The van der Waals surface area contributed by atoms with E-state index in [2.05, 4.69) is 17.3 Å². The molecular weight excluding hydrogens is 177 g/mol. The molecule has 0 heterocycles. The molecule has 0 aliphatic heterocycles. The minimum Gasteiger partial charge on any atom is -0.422 e. The summed E-state index contributed by atoms with van der Waals surface area (Å²) in [4.78, 5) is 0. The van der Waals surface area contributed by atoms with Gasteiger partial charge in [-0.1, -0.05) is 12.7 Å². The van der Waals surface area contributed by atoms with Crippen LogP contribution in [-0.4, -0.2) is 5.51 Å². The van der Waals surface area contributed by atoms with Crippen molar-refractivity contribution in [3.8, 4) is 0 Å². The molecule has 0 saturated carbocycles. The first-order valence-electron chi connectivity index (χ1n) is 2.67. The van der Waals surface area contributed by atoms with Crippen LogP contribution >= 0.6 is 12.0 Å². The summed E-state index contributed by atoms with van der Waals surface area (Å²) in [5.74, 6) is 0.0438. The predicted molar refractivity (Wildman–Crippen MR) is 38.7 cm³/mol. The van der Waals surface area contributed by atoms with E-state index in [-0.39, 0.29) is 12.2 Å². The van der Waals surface area contributed by atoms with Gasteiger partial charge in [-0.2, -0.15) is 13.2 Å². The number of hydrogen-bond acceptors (Lipinski definition) is 2. The van der Waals surface area contributed by atoms with Crippen LogP contribution in [0.2, 0.25) is 0 Å². The molecule has 5 heteroatoms. The summed E-state index contributed by atoms with van der Waals surface area (Å²) in [5.41, 5.74) is -4.37. The lowest BCUT2D eigenvalue weighted by Crippen LogP contribution is -2.00. The number of rotatable bonds is 4. The van der Waals surface area contributed by atoms with E-state index in [9.17, 15) is 13.2 Å². The molecule has 0 unspecified atom stereocenters. The molecule has 64 valence electrons. The minimum atomic E-state index is -4.37. The summed E-state index contributed by atoms with van der Waals surface area (Å²) >= 11 is -0.566. The van der Waals surface area contributed by atoms with Crippen LogP contribution in [0.3, 0.4) is 0 Å². The Kier molecular flexibility index (Phi) is 4.10. The third-order valence-electron chi connectivity index (χ3n) is 0.626. The van der Waals surface area contributed by atoms with Crippen LogP contribution in [0.5, 0.6) is 0 Å². The van der Waals surface area contributed by atoms with Crippen LogP contribution in [0.25, 0.3) is 0 Å². The van der Waals surface area contributed by atoms with Crippen LogP contribution < -0.4 is 0 Å². The zero-order chi connectivity index (χ0) is 8.91. The van der Waals surface area contributed by atoms with E-state index in [4.69, 9.17) is 0 Å². The maximum absolute atomic E-state index is 11.4. The average molecular weight is 184 g/mol. The lowest BCUT2D eigenvalue weighted by Gasteiger charge is -2.06. The second-order valence-corrected chi connectivity index (χ2v) is 2.44. The highest BCUT2D eigenvalue weighted by molar-refractivity contribution is 7.95. The van der Waals surface area contributed by atoms with Crippen LogP contribution in [0.4, 0.5) is 13.2 Å². The molecule has 0 aromatic rings. The summed E-state index contributed by atoms with van der Waals surface area (Å²) in [6, 6.07) is 0. The van der Waals surface area contributed by atoms with E-state index in [0.29, 0.717) is 0 Å². The first-order valence-corrected chi connectivity index (χ1v) is 3.41. The van der Waals surface area contributed by atoms with Gasteiger partial charge in [-0.3, -0.25) is 0 Å². The molecule has 0 bridgehead atoms. The molecule has 0 radical (unpaired) electrons. The maximum atomic E-state index is 11.4. The van der Waals surface area contributed by atoms with Crippen LogP contribution in [0.1, 0.15) is 6.42 Å². The fourth-order valence-electron chi connectivity index (χ4n) is 0.301. The summed E-state index contributed by atoms with van der Waals surface area (Å²) in [7, 11) is 0. The summed E-state index contributed by atoms with van der Waals surface area (Å²) in [5, 5.41) is 0. The molecule has 0 aromatic heterocycles. The van der Waals surface area contributed by atoms with Crippen molar-refractivity contribution in [2.24, 2.45) is 0 Å². The monoisotopic (exact) mass is 184 g/mol. The molecule has 0 aromatic carbocycles. The van der Waals surface area contributed by atoms with Gasteiger partial charge in [0, 0.05) is 6.42 Å². The summed E-state index contributed by atoms with van der Waals surface area (Å²) in [6.07, 6.45) is 1.64. The molecular formula is C6H7F3OS. The Bertz CT molecular complexity index is 152. The Morgan fingerprint density at radius 1 is 1.55 bits per heavy atom. The molecule has 0 aliphatic rings. The van der Waals surface area contributed by atoms with Crippen LogP contribution in [0, 0.1) is 0 Å². The highest BCUT2D eigenvalue weighted by atomic mass is 32.2. The van der Waals surface area contributed by atoms with Gasteiger partial charge in [0.15, 0.2) is 12.0 Å². The largest absolute Gasteiger partial charge is 0.479 e. The van der Waals surface area contributed by atoms with E-state index in [1.807, 2.05) is 0 Å². The molecule has 1 nitrogen and oxygen atoms in total. The molecule has 0 atom stereocenters. The van der Waals surface area contributed by atoms with Gasteiger partial charge in [0.1, 0.15) is 5.76 Å². The van der Waals surface area contributed by atoms with Crippen molar-refractivity contribution in [1.29, 1.82) is 0 Å². The average Bonchev–Trinajstić information content (AvgIpc) is 1.83. The Balaban J connectivity index is 3.54.